The van der Waals surface area contributed by atoms with Gasteiger partial charge in [0.05, 0.1) is 11.1 Å². The Morgan fingerprint density at radius 3 is 1.91 bits per heavy atom. The van der Waals surface area contributed by atoms with Crippen LogP contribution in [0.4, 0.5) is 0 Å². The van der Waals surface area contributed by atoms with Crippen LogP contribution in [0.5, 0.6) is 0 Å². The lowest BCUT2D eigenvalue weighted by atomic mass is 9.91. The zero-order chi connectivity index (χ0) is 22.2. The predicted octanol–water partition coefficient (Wildman–Crippen LogP) is 7.53. The zero-order valence-corrected chi connectivity index (χ0v) is 18.7. The summed E-state index contributed by atoms with van der Waals surface area (Å²) in [5, 5.41) is 6.27. The van der Waals surface area contributed by atoms with Gasteiger partial charge in [-0.15, -0.1) is 0 Å². The maximum Gasteiger partial charge on any atom is 0.145 e. The molecule has 0 amide bonds. The summed E-state index contributed by atoms with van der Waals surface area (Å²) in [5.41, 5.74) is 5.75. The Hall–Kier alpha value is -4.11. The van der Waals surface area contributed by atoms with Gasteiger partial charge in [-0.25, -0.2) is 4.98 Å². The molecule has 7 rings (SSSR count). The summed E-state index contributed by atoms with van der Waals surface area (Å²) < 4.78 is 4.70. The minimum Gasteiger partial charge on any atom is -0.331 e. The van der Waals surface area contributed by atoms with E-state index in [9.17, 15) is 0 Å². The maximum atomic E-state index is 4.64. The standard InChI is InChI=1S/C30H23N3/c1-30(2,33-27-13-7-5-10-22(27)23-11-6-8-14-28(23)33)20-15-16-26-25(19-20)21-9-3-4-12-24(21)29-31-17-18-32(26)29/h3-19H,1-2H3. The highest BCUT2D eigenvalue weighted by atomic mass is 15.1. The Balaban J connectivity index is 1.57. The summed E-state index contributed by atoms with van der Waals surface area (Å²) in [4.78, 5) is 4.64. The fourth-order valence-corrected chi connectivity index (χ4v) is 5.61. The van der Waals surface area contributed by atoms with Crippen LogP contribution in [0.25, 0.3) is 49.1 Å². The van der Waals surface area contributed by atoms with E-state index in [1.54, 1.807) is 0 Å². The lowest BCUT2D eigenvalue weighted by Gasteiger charge is -2.30. The minimum absolute atomic E-state index is 0.248. The van der Waals surface area contributed by atoms with Gasteiger partial charge in [-0.05, 0) is 49.1 Å². The Morgan fingerprint density at radius 2 is 1.21 bits per heavy atom. The molecule has 0 saturated carbocycles. The van der Waals surface area contributed by atoms with E-state index in [4.69, 9.17) is 0 Å². The highest BCUT2D eigenvalue weighted by Crippen LogP contribution is 2.39. The molecular weight excluding hydrogens is 402 g/mol. The number of benzene rings is 4. The molecule has 0 unspecified atom stereocenters. The number of nitrogens with zero attached hydrogens (tertiary/aromatic N) is 3. The third-order valence-corrected chi connectivity index (χ3v) is 7.20. The fourth-order valence-electron chi connectivity index (χ4n) is 5.61. The molecule has 0 radical (unpaired) electrons. The number of para-hydroxylation sites is 2. The molecular formula is C30H23N3. The lowest BCUT2D eigenvalue weighted by Crippen LogP contribution is -2.27. The number of imidazole rings is 1. The molecule has 0 aliphatic rings. The highest BCUT2D eigenvalue weighted by Gasteiger charge is 2.27. The molecule has 0 aliphatic carbocycles. The van der Waals surface area contributed by atoms with Gasteiger partial charge in [-0.3, -0.25) is 4.40 Å². The van der Waals surface area contributed by atoms with Crippen LogP contribution in [0.3, 0.4) is 0 Å². The van der Waals surface area contributed by atoms with Crippen molar-refractivity contribution < 1.29 is 0 Å². The summed E-state index contributed by atoms with van der Waals surface area (Å²) in [5.74, 6) is 0. The quantitative estimate of drug-likeness (QED) is 0.262. The van der Waals surface area contributed by atoms with Crippen LogP contribution in [0.2, 0.25) is 0 Å². The summed E-state index contributed by atoms with van der Waals surface area (Å²) in [6.07, 6.45) is 3.94. The number of aromatic nitrogens is 3. The predicted molar refractivity (Wildman–Crippen MR) is 138 cm³/mol. The van der Waals surface area contributed by atoms with Gasteiger partial charge in [0.25, 0.3) is 0 Å². The first-order valence-electron chi connectivity index (χ1n) is 11.4. The Labute approximate surface area is 191 Å². The van der Waals surface area contributed by atoms with Crippen molar-refractivity contribution in [1.82, 2.24) is 14.0 Å². The van der Waals surface area contributed by atoms with E-state index in [1.165, 1.54) is 49.0 Å². The van der Waals surface area contributed by atoms with E-state index < -0.39 is 0 Å². The molecule has 0 atom stereocenters. The number of fused-ring (bicyclic) bond motifs is 9. The lowest BCUT2D eigenvalue weighted by molar-refractivity contribution is 0.465. The molecule has 3 heterocycles. The molecule has 3 nitrogen and oxygen atoms in total. The Kier molecular flexibility index (Phi) is 3.61. The van der Waals surface area contributed by atoms with Gasteiger partial charge in [0.15, 0.2) is 0 Å². The number of hydrogen-bond donors (Lipinski definition) is 0. The molecule has 4 aromatic carbocycles. The van der Waals surface area contributed by atoms with E-state index in [0.717, 1.165) is 5.65 Å². The van der Waals surface area contributed by atoms with Crippen LogP contribution in [0.15, 0.2) is 103 Å². The molecule has 3 aromatic heterocycles. The molecule has 0 N–H and O–H groups in total. The first kappa shape index (κ1) is 18.5. The smallest absolute Gasteiger partial charge is 0.145 e. The molecule has 3 heteroatoms. The highest BCUT2D eigenvalue weighted by molar-refractivity contribution is 6.12. The van der Waals surface area contributed by atoms with E-state index >= 15 is 0 Å². The second-order valence-electron chi connectivity index (χ2n) is 9.33. The average molecular weight is 426 g/mol. The van der Waals surface area contributed by atoms with Crippen LogP contribution in [-0.2, 0) is 5.54 Å². The van der Waals surface area contributed by atoms with Gasteiger partial charge in [0.1, 0.15) is 5.65 Å². The summed E-state index contributed by atoms with van der Waals surface area (Å²) in [6.45, 7) is 4.65. The monoisotopic (exact) mass is 425 g/mol. The Morgan fingerprint density at radius 1 is 0.606 bits per heavy atom. The van der Waals surface area contributed by atoms with Crippen molar-refractivity contribution in [2.24, 2.45) is 0 Å². The number of rotatable bonds is 2. The van der Waals surface area contributed by atoms with Crippen molar-refractivity contribution in [1.29, 1.82) is 0 Å². The van der Waals surface area contributed by atoms with Crippen molar-refractivity contribution in [2.45, 2.75) is 19.4 Å². The molecule has 7 aromatic rings. The van der Waals surface area contributed by atoms with Crippen molar-refractivity contribution in [3.05, 3.63) is 109 Å². The SMILES string of the molecule is CC(C)(c1ccc2c(c1)c1ccccc1c1nccn21)n1c2ccccc2c2ccccc21. The molecule has 0 saturated heterocycles. The van der Waals surface area contributed by atoms with Crippen LogP contribution >= 0.6 is 0 Å². The Bertz CT molecular complexity index is 1800. The largest absolute Gasteiger partial charge is 0.331 e. The minimum atomic E-state index is -0.248. The number of hydrogen-bond acceptors (Lipinski definition) is 1. The molecule has 158 valence electrons. The molecule has 0 bridgehead atoms. The van der Waals surface area contributed by atoms with Crippen LogP contribution in [0, 0.1) is 0 Å². The van der Waals surface area contributed by atoms with Gasteiger partial charge in [0, 0.05) is 45.0 Å². The second kappa shape index (κ2) is 6.46. The summed E-state index contributed by atoms with van der Waals surface area (Å²) in [6, 6.07) is 33.0. The third-order valence-electron chi connectivity index (χ3n) is 7.20. The molecule has 0 aliphatic heterocycles. The third kappa shape index (κ3) is 2.42. The van der Waals surface area contributed by atoms with E-state index in [0.29, 0.717) is 0 Å². The topological polar surface area (TPSA) is 22.2 Å². The maximum absolute atomic E-state index is 4.64. The van der Waals surface area contributed by atoms with Crippen molar-refractivity contribution in [2.75, 3.05) is 0 Å². The van der Waals surface area contributed by atoms with Crippen molar-refractivity contribution >= 4 is 49.1 Å². The average Bonchev–Trinajstić information content (AvgIpc) is 3.48. The van der Waals surface area contributed by atoms with E-state index in [1.807, 2.05) is 6.20 Å². The number of pyridine rings is 1. The van der Waals surface area contributed by atoms with Gasteiger partial charge >= 0.3 is 0 Å². The fraction of sp³-hybridized carbons (Fsp3) is 0.100. The normalized spacial score (nSPS) is 12.5. The van der Waals surface area contributed by atoms with Gasteiger partial charge in [-0.1, -0.05) is 66.7 Å². The van der Waals surface area contributed by atoms with Crippen LogP contribution in [0.1, 0.15) is 19.4 Å². The van der Waals surface area contributed by atoms with Gasteiger partial charge < -0.3 is 4.57 Å². The second-order valence-corrected chi connectivity index (χ2v) is 9.33. The van der Waals surface area contributed by atoms with E-state index in [-0.39, 0.29) is 5.54 Å². The van der Waals surface area contributed by atoms with Gasteiger partial charge in [0.2, 0.25) is 0 Å². The molecule has 0 fully saturated rings. The summed E-state index contributed by atoms with van der Waals surface area (Å²) in [7, 11) is 0. The first-order valence-corrected chi connectivity index (χ1v) is 11.4. The van der Waals surface area contributed by atoms with Crippen molar-refractivity contribution in [3.63, 3.8) is 0 Å². The van der Waals surface area contributed by atoms with E-state index in [2.05, 4.69) is 125 Å². The molecule has 33 heavy (non-hydrogen) atoms. The zero-order valence-electron chi connectivity index (χ0n) is 18.7. The molecule has 0 spiro atoms. The van der Waals surface area contributed by atoms with Crippen molar-refractivity contribution in [3.8, 4) is 0 Å². The summed E-state index contributed by atoms with van der Waals surface area (Å²) >= 11 is 0. The first-order chi connectivity index (χ1) is 16.1. The van der Waals surface area contributed by atoms with Crippen LogP contribution < -0.4 is 0 Å². The van der Waals surface area contributed by atoms with Gasteiger partial charge in [-0.2, -0.15) is 0 Å². The van der Waals surface area contributed by atoms with Crippen LogP contribution in [-0.4, -0.2) is 14.0 Å².